The van der Waals surface area contributed by atoms with Crippen LogP contribution in [0.2, 0.25) is 5.02 Å². The van der Waals surface area contributed by atoms with Gasteiger partial charge in [-0.2, -0.15) is 0 Å². The molecule has 0 aromatic heterocycles. The Morgan fingerprint density at radius 2 is 2.29 bits per heavy atom. The fourth-order valence-corrected chi connectivity index (χ4v) is 1.22. The van der Waals surface area contributed by atoms with Gasteiger partial charge in [0.25, 0.3) is 0 Å². The van der Waals surface area contributed by atoms with Crippen molar-refractivity contribution in [2.75, 3.05) is 19.0 Å². The highest BCUT2D eigenvalue weighted by Gasteiger charge is 2.02. The summed E-state index contributed by atoms with van der Waals surface area (Å²) in [6.45, 7) is 1.80. The van der Waals surface area contributed by atoms with E-state index in [0.717, 1.165) is 5.69 Å². The molecule has 1 rings (SSSR count). The second-order valence-electron chi connectivity index (χ2n) is 2.90. The third-order valence-corrected chi connectivity index (χ3v) is 2.02. The topological polar surface area (TPSA) is 38.3 Å². The molecule has 76 valence electrons. The normalized spacial score (nSPS) is 9.64. The molecule has 3 nitrogen and oxygen atoms in total. The SMILES string of the molecule is COc1ccc(NCC(C)=O)c(Cl)c1. The minimum atomic E-state index is 0.0666. The van der Waals surface area contributed by atoms with E-state index in [4.69, 9.17) is 16.3 Å². The van der Waals surface area contributed by atoms with E-state index in [1.165, 1.54) is 6.92 Å². The van der Waals surface area contributed by atoms with E-state index in [-0.39, 0.29) is 12.3 Å². The van der Waals surface area contributed by atoms with Crippen molar-refractivity contribution in [1.82, 2.24) is 0 Å². The first-order chi connectivity index (χ1) is 6.63. The van der Waals surface area contributed by atoms with Gasteiger partial charge in [-0.25, -0.2) is 0 Å². The average Bonchev–Trinajstić information content (AvgIpc) is 2.15. The summed E-state index contributed by atoms with van der Waals surface area (Å²) >= 11 is 5.94. The van der Waals surface area contributed by atoms with Gasteiger partial charge in [-0.05, 0) is 19.1 Å². The first-order valence-electron chi connectivity index (χ1n) is 4.20. The molecule has 0 spiro atoms. The largest absolute Gasteiger partial charge is 0.497 e. The van der Waals surface area contributed by atoms with Crippen molar-refractivity contribution >= 4 is 23.1 Å². The van der Waals surface area contributed by atoms with Crippen molar-refractivity contribution in [2.24, 2.45) is 0 Å². The molecule has 0 aliphatic carbocycles. The maximum absolute atomic E-state index is 10.7. The van der Waals surface area contributed by atoms with Crippen molar-refractivity contribution in [1.29, 1.82) is 0 Å². The highest BCUT2D eigenvalue weighted by atomic mass is 35.5. The number of carbonyl (C=O) groups excluding carboxylic acids is 1. The van der Waals surface area contributed by atoms with Gasteiger partial charge in [-0.3, -0.25) is 4.79 Å². The van der Waals surface area contributed by atoms with E-state index in [0.29, 0.717) is 10.8 Å². The molecule has 0 atom stereocenters. The number of ether oxygens (including phenoxy) is 1. The van der Waals surface area contributed by atoms with Crippen molar-refractivity contribution < 1.29 is 9.53 Å². The smallest absolute Gasteiger partial charge is 0.148 e. The predicted molar refractivity (Wildman–Crippen MR) is 57.2 cm³/mol. The lowest BCUT2D eigenvalue weighted by molar-refractivity contribution is -0.115. The van der Waals surface area contributed by atoms with Gasteiger partial charge in [0.1, 0.15) is 11.5 Å². The van der Waals surface area contributed by atoms with Crippen LogP contribution in [-0.2, 0) is 4.79 Å². The van der Waals surface area contributed by atoms with Crippen LogP contribution in [0.3, 0.4) is 0 Å². The van der Waals surface area contributed by atoms with Gasteiger partial charge in [-0.1, -0.05) is 11.6 Å². The second kappa shape index (κ2) is 4.86. The van der Waals surface area contributed by atoms with Crippen LogP contribution < -0.4 is 10.1 Å². The molecule has 0 amide bonds. The summed E-state index contributed by atoms with van der Waals surface area (Å²) in [6.07, 6.45) is 0. The molecule has 0 aliphatic rings. The van der Waals surface area contributed by atoms with Crippen LogP contribution in [0, 0.1) is 0 Å². The number of ketones is 1. The van der Waals surface area contributed by atoms with Crippen LogP contribution in [0.15, 0.2) is 18.2 Å². The number of halogens is 1. The van der Waals surface area contributed by atoms with Gasteiger partial charge in [0, 0.05) is 6.07 Å². The zero-order valence-electron chi connectivity index (χ0n) is 8.13. The van der Waals surface area contributed by atoms with Gasteiger partial charge in [0.05, 0.1) is 24.4 Å². The molecular weight excluding hydrogens is 202 g/mol. The number of benzene rings is 1. The van der Waals surface area contributed by atoms with E-state index in [1.54, 1.807) is 25.3 Å². The maximum atomic E-state index is 10.7. The number of hydrogen-bond acceptors (Lipinski definition) is 3. The summed E-state index contributed by atoms with van der Waals surface area (Å²) < 4.78 is 5.00. The van der Waals surface area contributed by atoms with E-state index >= 15 is 0 Å². The van der Waals surface area contributed by atoms with Crippen LogP contribution in [0.4, 0.5) is 5.69 Å². The molecule has 14 heavy (non-hydrogen) atoms. The number of Topliss-reactive ketones (excluding diaryl/α,β-unsaturated/α-hetero) is 1. The van der Waals surface area contributed by atoms with Crippen LogP contribution >= 0.6 is 11.6 Å². The maximum Gasteiger partial charge on any atom is 0.148 e. The molecule has 0 unspecified atom stereocenters. The average molecular weight is 214 g/mol. The predicted octanol–water partition coefficient (Wildman–Crippen LogP) is 2.35. The van der Waals surface area contributed by atoms with Gasteiger partial charge in [0.2, 0.25) is 0 Å². The molecule has 0 aliphatic heterocycles. The number of nitrogens with one attached hydrogen (secondary N) is 1. The van der Waals surface area contributed by atoms with Crippen LogP contribution in [0.1, 0.15) is 6.92 Å². The van der Waals surface area contributed by atoms with Crippen molar-refractivity contribution in [3.05, 3.63) is 23.2 Å². The minimum Gasteiger partial charge on any atom is -0.497 e. The highest BCUT2D eigenvalue weighted by Crippen LogP contribution is 2.26. The molecule has 1 N–H and O–H groups in total. The number of anilines is 1. The fraction of sp³-hybridized carbons (Fsp3) is 0.300. The minimum absolute atomic E-state index is 0.0666. The molecular formula is C10H12ClNO2. The van der Waals surface area contributed by atoms with Gasteiger partial charge >= 0.3 is 0 Å². The van der Waals surface area contributed by atoms with E-state index in [2.05, 4.69) is 5.32 Å². The summed E-state index contributed by atoms with van der Waals surface area (Å²) in [4.78, 5) is 10.7. The lowest BCUT2D eigenvalue weighted by atomic mass is 10.3. The second-order valence-corrected chi connectivity index (χ2v) is 3.31. The van der Waals surface area contributed by atoms with Crippen molar-refractivity contribution in [3.8, 4) is 5.75 Å². The summed E-state index contributed by atoms with van der Waals surface area (Å²) in [5.41, 5.74) is 0.739. The van der Waals surface area contributed by atoms with Crippen LogP contribution in [0.5, 0.6) is 5.75 Å². The Morgan fingerprint density at radius 1 is 1.57 bits per heavy atom. The molecule has 1 aromatic carbocycles. The fourth-order valence-electron chi connectivity index (χ4n) is 0.986. The van der Waals surface area contributed by atoms with E-state index in [9.17, 15) is 4.79 Å². The number of rotatable bonds is 4. The first-order valence-corrected chi connectivity index (χ1v) is 4.58. The van der Waals surface area contributed by atoms with Gasteiger partial charge < -0.3 is 10.1 Å². The first kappa shape index (κ1) is 10.9. The summed E-state index contributed by atoms with van der Waals surface area (Å²) in [7, 11) is 1.58. The summed E-state index contributed by atoms with van der Waals surface area (Å²) in [5.74, 6) is 0.764. The third kappa shape index (κ3) is 2.92. The van der Waals surface area contributed by atoms with Gasteiger partial charge in [-0.15, -0.1) is 0 Å². The van der Waals surface area contributed by atoms with E-state index < -0.39 is 0 Å². The standard InChI is InChI=1S/C10H12ClNO2/c1-7(13)6-12-10-4-3-8(14-2)5-9(10)11/h3-5,12H,6H2,1-2H3. The Bertz CT molecular complexity index is 339. The molecule has 0 bridgehead atoms. The Hall–Kier alpha value is -1.22. The van der Waals surface area contributed by atoms with E-state index in [1.807, 2.05) is 0 Å². The quantitative estimate of drug-likeness (QED) is 0.835. The summed E-state index contributed by atoms with van der Waals surface area (Å²) in [6, 6.07) is 5.27. The third-order valence-electron chi connectivity index (χ3n) is 1.70. The monoisotopic (exact) mass is 213 g/mol. The van der Waals surface area contributed by atoms with Crippen LogP contribution in [-0.4, -0.2) is 19.4 Å². The molecule has 1 aromatic rings. The summed E-state index contributed by atoms with van der Waals surface area (Å²) in [5, 5.41) is 3.47. The van der Waals surface area contributed by atoms with Crippen LogP contribution in [0.25, 0.3) is 0 Å². The number of carbonyl (C=O) groups is 1. The molecule has 0 saturated carbocycles. The zero-order chi connectivity index (χ0) is 10.6. The lowest BCUT2D eigenvalue weighted by Crippen LogP contribution is -2.09. The molecule has 4 heteroatoms. The Balaban J connectivity index is 2.73. The Morgan fingerprint density at radius 3 is 2.79 bits per heavy atom. The molecule has 0 heterocycles. The molecule has 0 radical (unpaired) electrons. The highest BCUT2D eigenvalue weighted by molar-refractivity contribution is 6.33. The zero-order valence-corrected chi connectivity index (χ0v) is 8.89. The lowest BCUT2D eigenvalue weighted by Gasteiger charge is -2.07. The number of methoxy groups -OCH3 is 1. The Kier molecular flexibility index (Phi) is 3.77. The van der Waals surface area contributed by atoms with Gasteiger partial charge in [0.15, 0.2) is 0 Å². The molecule has 0 saturated heterocycles. The number of hydrogen-bond donors (Lipinski definition) is 1. The molecule has 0 fully saturated rings. The van der Waals surface area contributed by atoms with Crippen molar-refractivity contribution in [2.45, 2.75) is 6.92 Å². The Labute approximate surface area is 88.0 Å². The van der Waals surface area contributed by atoms with Crippen molar-refractivity contribution in [3.63, 3.8) is 0 Å².